The molecule has 0 unspecified atom stereocenters. The standard InChI is InChI=1S/C25H27F2N5O3/c1-14(2)35-21-8-5-16(26)22(23(21)27)18-7-6-17(28)24(30-18)25(34)31-19-12-29-10-9-20(19)32-11-3-4-15(33)13-32/h5-10,12,14-15,33H,3-4,11,13,28H2,1-2H3,(H,31,34)/t15-/m0/s1. The van der Waals surface area contributed by atoms with Gasteiger partial charge in [0.25, 0.3) is 5.91 Å². The van der Waals surface area contributed by atoms with Gasteiger partial charge in [0, 0.05) is 19.3 Å². The van der Waals surface area contributed by atoms with Crippen LogP contribution in [0.2, 0.25) is 0 Å². The summed E-state index contributed by atoms with van der Waals surface area (Å²) in [4.78, 5) is 23.4. The fourth-order valence-corrected chi connectivity index (χ4v) is 4.02. The third-order valence-electron chi connectivity index (χ3n) is 5.60. The number of rotatable bonds is 6. The number of aromatic nitrogens is 2. The fraction of sp³-hybridized carbons (Fsp3) is 0.320. The molecule has 10 heteroatoms. The van der Waals surface area contributed by atoms with Gasteiger partial charge in [-0.3, -0.25) is 9.78 Å². The number of aliphatic hydroxyl groups is 1. The van der Waals surface area contributed by atoms with Gasteiger partial charge in [0.2, 0.25) is 0 Å². The molecule has 3 heterocycles. The topological polar surface area (TPSA) is 114 Å². The van der Waals surface area contributed by atoms with E-state index in [1.165, 1.54) is 24.4 Å². The van der Waals surface area contributed by atoms with Crippen LogP contribution in [0.25, 0.3) is 11.3 Å². The van der Waals surface area contributed by atoms with Crippen LogP contribution in [0.5, 0.6) is 5.75 Å². The number of hydrogen-bond acceptors (Lipinski definition) is 7. The Morgan fingerprint density at radius 1 is 1.26 bits per heavy atom. The Bertz CT molecular complexity index is 1240. The SMILES string of the molecule is CC(C)Oc1ccc(F)c(-c2ccc(N)c(C(=O)Nc3cnccc3N3CCC[C@H](O)C3)n2)c1F. The second-order valence-electron chi connectivity index (χ2n) is 8.62. The third-order valence-corrected chi connectivity index (χ3v) is 5.60. The molecule has 35 heavy (non-hydrogen) atoms. The molecule has 1 fully saturated rings. The molecule has 8 nitrogen and oxygen atoms in total. The van der Waals surface area contributed by atoms with Crippen LogP contribution in [0.4, 0.5) is 25.8 Å². The number of anilines is 3. The number of piperidine rings is 1. The molecule has 3 aromatic rings. The van der Waals surface area contributed by atoms with Gasteiger partial charge in [-0.25, -0.2) is 13.8 Å². The summed E-state index contributed by atoms with van der Waals surface area (Å²) in [7, 11) is 0. The average molecular weight is 484 g/mol. The Hall–Kier alpha value is -3.79. The van der Waals surface area contributed by atoms with E-state index >= 15 is 4.39 Å². The molecule has 1 amide bonds. The van der Waals surface area contributed by atoms with Crippen LogP contribution < -0.4 is 20.7 Å². The van der Waals surface area contributed by atoms with Crippen molar-refractivity contribution in [1.29, 1.82) is 0 Å². The third kappa shape index (κ3) is 5.32. The number of amides is 1. The molecule has 0 spiro atoms. The van der Waals surface area contributed by atoms with Gasteiger partial charge in [-0.15, -0.1) is 0 Å². The van der Waals surface area contributed by atoms with E-state index < -0.39 is 29.2 Å². The first-order valence-electron chi connectivity index (χ1n) is 11.3. The van der Waals surface area contributed by atoms with Gasteiger partial charge in [-0.1, -0.05) is 0 Å². The van der Waals surface area contributed by atoms with Crippen LogP contribution in [-0.2, 0) is 0 Å². The van der Waals surface area contributed by atoms with E-state index in [2.05, 4.69) is 15.3 Å². The van der Waals surface area contributed by atoms with Crippen molar-refractivity contribution in [2.45, 2.75) is 38.9 Å². The Morgan fingerprint density at radius 3 is 2.80 bits per heavy atom. The van der Waals surface area contributed by atoms with Gasteiger partial charge < -0.3 is 25.8 Å². The summed E-state index contributed by atoms with van der Waals surface area (Å²) >= 11 is 0. The van der Waals surface area contributed by atoms with E-state index in [4.69, 9.17) is 10.5 Å². The minimum absolute atomic E-state index is 0.0421. The zero-order valence-electron chi connectivity index (χ0n) is 19.5. The first kappa shape index (κ1) is 24.3. The van der Waals surface area contributed by atoms with Crippen molar-refractivity contribution >= 4 is 23.0 Å². The van der Waals surface area contributed by atoms with Crippen molar-refractivity contribution in [3.63, 3.8) is 0 Å². The van der Waals surface area contributed by atoms with Crippen molar-refractivity contribution in [3.05, 3.63) is 60.1 Å². The van der Waals surface area contributed by atoms with Crippen molar-refractivity contribution in [3.8, 4) is 17.0 Å². The van der Waals surface area contributed by atoms with Gasteiger partial charge in [0.05, 0.1) is 46.7 Å². The molecule has 0 aliphatic carbocycles. The zero-order valence-corrected chi connectivity index (χ0v) is 19.5. The summed E-state index contributed by atoms with van der Waals surface area (Å²) < 4.78 is 35.1. The zero-order chi connectivity index (χ0) is 25.1. The molecule has 4 N–H and O–H groups in total. The summed E-state index contributed by atoms with van der Waals surface area (Å²) in [6, 6.07) is 6.75. The molecule has 184 valence electrons. The van der Waals surface area contributed by atoms with Gasteiger partial charge in [0.1, 0.15) is 5.82 Å². The number of aliphatic hydroxyl groups excluding tert-OH is 1. The van der Waals surface area contributed by atoms with Gasteiger partial charge in [-0.2, -0.15) is 0 Å². The summed E-state index contributed by atoms with van der Waals surface area (Å²) in [5.41, 5.74) is 6.43. The number of carbonyl (C=O) groups excluding carboxylic acids is 1. The highest BCUT2D eigenvalue weighted by Gasteiger charge is 2.24. The highest BCUT2D eigenvalue weighted by Crippen LogP contribution is 2.33. The number of nitrogen functional groups attached to an aromatic ring is 1. The summed E-state index contributed by atoms with van der Waals surface area (Å²) in [6.45, 7) is 4.59. The van der Waals surface area contributed by atoms with Crippen LogP contribution >= 0.6 is 0 Å². The number of nitrogens with zero attached hydrogens (tertiary/aromatic N) is 3. The number of ether oxygens (including phenoxy) is 1. The molecular formula is C25H27F2N5O3. The maximum Gasteiger partial charge on any atom is 0.276 e. The predicted molar refractivity (Wildman–Crippen MR) is 129 cm³/mol. The number of pyridine rings is 2. The van der Waals surface area contributed by atoms with Crippen molar-refractivity contribution in [2.75, 3.05) is 29.0 Å². The number of carbonyl (C=O) groups is 1. The highest BCUT2D eigenvalue weighted by atomic mass is 19.1. The Balaban J connectivity index is 1.66. The largest absolute Gasteiger partial charge is 0.488 e. The molecule has 0 bridgehead atoms. The van der Waals surface area contributed by atoms with Crippen LogP contribution in [-0.4, -0.2) is 46.3 Å². The molecule has 0 saturated carbocycles. The number of nitrogens with two attached hydrogens (primary N) is 1. The molecule has 1 aromatic carbocycles. The molecule has 1 saturated heterocycles. The van der Waals surface area contributed by atoms with Crippen LogP contribution in [0, 0.1) is 11.6 Å². The minimum Gasteiger partial charge on any atom is -0.488 e. The van der Waals surface area contributed by atoms with Crippen LogP contribution in [0.3, 0.4) is 0 Å². The lowest BCUT2D eigenvalue weighted by atomic mass is 10.1. The first-order chi connectivity index (χ1) is 16.7. The lowest BCUT2D eigenvalue weighted by molar-refractivity contribution is 0.102. The second kappa shape index (κ2) is 10.2. The molecule has 1 aliphatic heterocycles. The maximum absolute atomic E-state index is 15.1. The molecule has 0 radical (unpaired) electrons. The van der Waals surface area contributed by atoms with Gasteiger partial charge in [-0.05, 0) is 57.0 Å². The lowest BCUT2D eigenvalue weighted by Crippen LogP contribution is -2.38. The fourth-order valence-electron chi connectivity index (χ4n) is 4.02. The highest BCUT2D eigenvalue weighted by molar-refractivity contribution is 6.08. The van der Waals surface area contributed by atoms with Crippen molar-refractivity contribution in [1.82, 2.24) is 9.97 Å². The Kier molecular flexibility index (Phi) is 7.11. The molecule has 1 aliphatic rings. The summed E-state index contributed by atoms with van der Waals surface area (Å²) in [6.07, 6.45) is 3.82. The summed E-state index contributed by atoms with van der Waals surface area (Å²) in [5, 5.41) is 12.8. The molecule has 4 rings (SSSR count). The smallest absolute Gasteiger partial charge is 0.276 e. The minimum atomic E-state index is -0.916. The predicted octanol–water partition coefficient (Wildman–Crippen LogP) is 4.00. The van der Waals surface area contributed by atoms with E-state index in [1.807, 2.05) is 4.90 Å². The lowest BCUT2D eigenvalue weighted by Gasteiger charge is -2.33. The van der Waals surface area contributed by atoms with Crippen LogP contribution in [0.1, 0.15) is 37.2 Å². The van der Waals surface area contributed by atoms with E-state index in [1.54, 1.807) is 26.1 Å². The molecular weight excluding hydrogens is 456 g/mol. The number of benzene rings is 1. The number of β-amino-alcohol motifs (C(OH)–C–C–N with tert-alkyl or cyclic N) is 1. The van der Waals surface area contributed by atoms with Gasteiger partial charge >= 0.3 is 0 Å². The molecule has 1 atom stereocenters. The number of hydrogen-bond donors (Lipinski definition) is 3. The maximum atomic E-state index is 15.1. The van der Waals surface area contributed by atoms with E-state index in [0.29, 0.717) is 30.9 Å². The average Bonchev–Trinajstić information content (AvgIpc) is 2.82. The van der Waals surface area contributed by atoms with E-state index in [0.717, 1.165) is 12.5 Å². The Labute approximate surface area is 201 Å². The number of halogens is 2. The normalized spacial score (nSPS) is 15.8. The van der Waals surface area contributed by atoms with Crippen LogP contribution in [0.15, 0.2) is 42.7 Å². The molecule has 2 aromatic heterocycles. The quantitative estimate of drug-likeness (QED) is 0.486. The van der Waals surface area contributed by atoms with Gasteiger partial charge in [0.15, 0.2) is 17.3 Å². The van der Waals surface area contributed by atoms with Crippen molar-refractivity contribution in [2.24, 2.45) is 0 Å². The second-order valence-corrected chi connectivity index (χ2v) is 8.62. The summed E-state index contributed by atoms with van der Waals surface area (Å²) in [5.74, 6) is -2.54. The Morgan fingerprint density at radius 2 is 2.06 bits per heavy atom. The van der Waals surface area contributed by atoms with E-state index in [-0.39, 0.29) is 28.9 Å². The number of nitrogens with one attached hydrogen (secondary N) is 1. The first-order valence-corrected chi connectivity index (χ1v) is 11.3. The monoisotopic (exact) mass is 483 g/mol. The van der Waals surface area contributed by atoms with E-state index in [9.17, 15) is 14.3 Å². The van der Waals surface area contributed by atoms with Crippen molar-refractivity contribution < 1.29 is 23.4 Å².